The molecular weight excluding hydrogens is 430 g/mol. The monoisotopic (exact) mass is 451 g/mol. The summed E-state index contributed by atoms with van der Waals surface area (Å²) in [6.45, 7) is 3.60. The van der Waals surface area contributed by atoms with Crippen molar-refractivity contribution in [1.29, 1.82) is 0 Å². The lowest BCUT2D eigenvalue weighted by Gasteiger charge is -2.22. The highest BCUT2D eigenvalue weighted by Gasteiger charge is 2.49. The summed E-state index contributed by atoms with van der Waals surface area (Å²) in [6.07, 6.45) is 1.56. The SMILES string of the molecule is Cc1ccc(C2(C)NC(=O)N(CC(=O)Nc3ccnn3Cc3ccc(Cl)cc3)C2=O)cc1. The first-order valence-electron chi connectivity index (χ1n) is 10.0. The number of rotatable bonds is 6. The Morgan fingerprint density at radius 2 is 1.78 bits per heavy atom. The lowest BCUT2D eigenvalue weighted by atomic mass is 9.91. The van der Waals surface area contributed by atoms with E-state index in [2.05, 4.69) is 15.7 Å². The second kappa shape index (κ2) is 8.47. The molecule has 9 heteroatoms. The van der Waals surface area contributed by atoms with Gasteiger partial charge in [-0.25, -0.2) is 9.48 Å². The van der Waals surface area contributed by atoms with Crippen molar-refractivity contribution in [2.24, 2.45) is 0 Å². The van der Waals surface area contributed by atoms with E-state index in [1.54, 1.807) is 48.1 Å². The molecule has 1 saturated heterocycles. The minimum atomic E-state index is -1.22. The number of halogens is 1. The van der Waals surface area contributed by atoms with Crippen LogP contribution in [-0.4, -0.2) is 39.1 Å². The van der Waals surface area contributed by atoms with Crippen LogP contribution in [0.15, 0.2) is 60.8 Å². The van der Waals surface area contributed by atoms with Gasteiger partial charge in [-0.1, -0.05) is 53.6 Å². The fourth-order valence-electron chi connectivity index (χ4n) is 3.58. The first kappa shape index (κ1) is 21.6. The van der Waals surface area contributed by atoms with Gasteiger partial charge in [-0.05, 0) is 37.1 Å². The maximum Gasteiger partial charge on any atom is 0.325 e. The molecule has 0 radical (unpaired) electrons. The van der Waals surface area contributed by atoms with Crippen molar-refractivity contribution in [1.82, 2.24) is 20.0 Å². The number of amides is 4. The van der Waals surface area contributed by atoms with Gasteiger partial charge in [0.25, 0.3) is 5.91 Å². The number of urea groups is 1. The molecule has 0 aliphatic carbocycles. The van der Waals surface area contributed by atoms with Gasteiger partial charge < -0.3 is 10.6 Å². The summed E-state index contributed by atoms with van der Waals surface area (Å²) in [5.41, 5.74) is 1.43. The van der Waals surface area contributed by atoms with E-state index >= 15 is 0 Å². The highest BCUT2D eigenvalue weighted by atomic mass is 35.5. The van der Waals surface area contributed by atoms with Gasteiger partial charge >= 0.3 is 6.03 Å². The predicted octanol–water partition coefficient (Wildman–Crippen LogP) is 3.30. The molecule has 2 heterocycles. The van der Waals surface area contributed by atoms with Crippen LogP contribution in [0.4, 0.5) is 10.6 Å². The molecule has 0 saturated carbocycles. The third kappa shape index (κ3) is 4.22. The van der Waals surface area contributed by atoms with Crippen molar-refractivity contribution in [3.05, 3.63) is 82.5 Å². The summed E-state index contributed by atoms with van der Waals surface area (Å²) < 4.78 is 1.61. The highest BCUT2D eigenvalue weighted by Crippen LogP contribution is 2.29. The molecule has 8 nitrogen and oxygen atoms in total. The number of nitrogens with one attached hydrogen (secondary N) is 2. The molecule has 1 unspecified atom stereocenters. The molecular formula is C23H22ClN5O3. The molecule has 0 bridgehead atoms. The van der Waals surface area contributed by atoms with Gasteiger partial charge in [0.15, 0.2) is 0 Å². The van der Waals surface area contributed by atoms with Crippen LogP contribution in [-0.2, 0) is 21.7 Å². The average molecular weight is 452 g/mol. The van der Waals surface area contributed by atoms with Crippen LogP contribution in [0.1, 0.15) is 23.6 Å². The zero-order chi connectivity index (χ0) is 22.9. The van der Waals surface area contributed by atoms with E-state index in [1.165, 1.54) is 0 Å². The maximum atomic E-state index is 13.0. The number of hydrogen-bond donors (Lipinski definition) is 2. The van der Waals surface area contributed by atoms with E-state index in [4.69, 9.17) is 11.6 Å². The minimum absolute atomic E-state index is 0.405. The lowest BCUT2D eigenvalue weighted by molar-refractivity contribution is -0.133. The van der Waals surface area contributed by atoms with Crippen LogP contribution >= 0.6 is 11.6 Å². The number of anilines is 1. The minimum Gasteiger partial charge on any atom is -0.319 e. The second-order valence-electron chi connectivity index (χ2n) is 7.86. The van der Waals surface area contributed by atoms with Crippen molar-refractivity contribution in [2.45, 2.75) is 25.9 Å². The van der Waals surface area contributed by atoms with Crippen LogP contribution in [0.3, 0.4) is 0 Å². The summed E-state index contributed by atoms with van der Waals surface area (Å²) in [7, 11) is 0. The van der Waals surface area contributed by atoms with E-state index in [0.29, 0.717) is 22.9 Å². The first-order valence-corrected chi connectivity index (χ1v) is 10.4. The van der Waals surface area contributed by atoms with Gasteiger partial charge in [-0.3, -0.25) is 14.5 Å². The topological polar surface area (TPSA) is 96.3 Å². The van der Waals surface area contributed by atoms with Crippen LogP contribution in [0.5, 0.6) is 0 Å². The van der Waals surface area contributed by atoms with Crippen LogP contribution in [0.2, 0.25) is 5.02 Å². The zero-order valence-corrected chi connectivity index (χ0v) is 18.4. The Labute approximate surface area is 190 Å². The van der Waals surface area contributed by atoms with E-state index in [0.717, 1.165) is 16.0 Å². The Morgan fingerprint density at radius 1 is 1.09 bits per heavy atom. The largest absolute Gasteiger partial charge is 0.325 e. The van der Waals surface area contributed by atoms with E-state index < -0.39 is 29.9 Å². The lowest BCUT2D eigenvalue weighted by Crippen LogP contribution is -2.42. The summed E-state index contributed by atoms with van der Waals surface area (Å²) >= 11 is 5.92. The fourth-order valence-corrected chi connectivity index (χ4v) is 3.70. The number of hydrogen-bond acceptors (Lipinski definition) is 4. The molecule has 1 aliphatic rings. The van der Waals surface area contributed by atoms with Gasteiger partial charge in [0.1, 0.15) is 17.9 Å². The average Bonchev–Trinajstić information content (AvgIpc) is 3.27. The number of nitrogens with zero attached hydrogens (tertiary/aromatic N) is 3. The Bertz CT molecular complexity index is 1170. The quantitative estimate of drug-likeness (QED) is 0.562. The Balaban J connectivity index is 1.44. The van der Waals surface area contributed by atoms with E-state index in [9.17, 15) is 14.4 Å². The highest BCUT2D eigenvalue weighted by molar-refractivity contribution is 6.30. The molecule has 1 aliphatic heterocycles. The Kier molecular flexibility index (Phi) is 5.71. The summed E-state index contributed by atoms with van der Waals surface area (Å²) in [5, 5.41) is 10.3. The molecule has 1 aromatic heterocycles. The Morgan fingerprint density at radius 3 is 2.47 bits per heavy atom. The Hall–Kier alpha value is -3.65. The van der Waals surface area contributed by atoms with Crippen molar-refractivity contribution in [3.63, 3.8) is 0 Å². The molecule has 3 aromatic rings. The molecule has 32 heavy (non-hydrogen) atoms. The molecule has 2 aromatic carbocycles. The summed E-state index contributed by atoms with van der Waals surface area (Å²) in [6, 6.07) is 15.7. The second-order valence-corrected chi connectivity index (χ2v) is 8.30. The number of carbonyl (C=O) groups is 3. The third-order valence-electron chi connectivity index (χ3n) is 5.44. The molecule has 4 amide bonds. The zero-order valence-electron chi connectivity index (χ0n) is 17.6. The van der Waals surface area contributed by atoms with Crippen LogP contribution in [0.25, 0.3) is 0 Å². The van der Waals surface area contributed by atoms with Gasteiger partial charge in [-0.2, -0.15) is 5.10 Å². The summed E-state index contributed by atoms with van der Waals surface area (Å²) in [5.74, 6) is -0.519. The van der Waals surface area contributed by atoms with Crippen LogP contribution in [0, 0.1) is 6.92 Å². The third-order valence-corrected chi connectivity index (χ3v) is 5.69. The standard InChI is InChI=1S/C23H22ClN5O3/c1-15-3-7-17(8-4-15)23(2)21(31)28(22(32)27-23)14-20(30)26-19-11-12-25-29(19)13-16-5-9-18(24)10-6-16/h3-12H,13-14H2,1-2H3,(H,26,30)(H,27,32). The smallest absolute Gasteiger partial charge is 0.319 e. The molecule has 164 valence electrons. The summed E-state index contributed by atoms with van der Waals surface area (Å²) in [4.78, 5) is 39.1. The fraction of sp³-hybridized carbons (Fsp3) is 0.217. The number of imide groups is 1. The van der Waals surface area contributed by atoms with Gasteiger partial charge in [0, 0.05) is 11.1 Å². The van der Waals surface area contributed by atoms with Gasteiger partial charge in [-0.15, -0.1) is 0 Å². The maximum absolute atomic E-state index is 13.0. The van der Waals surface area contributed by atoms with Crippen molar-refractivity contribution in [3.8, 4) is 0 Å². The molecule has 1 atom stereocenters. The molecule has 0 spiro atoms. The number of aryl methyl sites for hydroxylation is 1. The molecule has 2 N–H and O–H groups in total. The van der Waals surface area contributed by atoms with Gasteiger partial charge in [0.05, 0.1) is 12.7 Å². The van der Waals surface area contributed by atoms with E-state index in [-0.39, 0.29) is 0 Å². The van der Waals surface area contributed by atoms with Crippen molar-refractivity contribution in [2.75, 3.05) is 11.9 Å². The molecule has 1 fully saturated rings. The normalized spacial score (nSPS) is 18.0. The molecule has 4 rings (SSSR count). The predicted molar refractivity (Wildman–Crippen MR) is 120 cm³/mol. The van der Waals surface area contributed by atoms with Crippen molar-refractivity contribution < 1.29 is 14.4 Å². The number of benzene rings is 2. The van der Waals surface area contributed by atoms with Crippen LogP contribution < -0.4 is 10.6 Å². The first-order chi connectivity index (χ1) is 15.3. The number of carbonyl (C=O) groups excluding carboxylic acids is 3. The van der Waals surface area contributed by atoms with Crippen molar-refractivity contribution >= 4 is 35.3 Å². The van der Waals surface area contributed by atoms with Gasteiger partial charge in [0.2, 0.25) is 5.91 Å². The number of aromatic nitrogens is 2. The van der Waals surface area contributed by atoms with E-state index in [1.807, 2.05) is 31.2 Å².